The van der Waals surface area contributed by atoms with Gasteiger partial charge in [-0.3, -0.25) is 4.57 Å². The van der Waals surface area contributed by atoms with Crippen molar-refractivity contribution in [3.8, 4) is 39.6 Å². The second kappa shape index (κ2) is 17.8. The quantitative estimate of drug-likeness (QED) is 0.112. The van der Waals surface area contributed by atoms with Crippen molar-refractivity contribution < 1.29 is 4.74 Å². The van der Waals surface area contributed by atoms with E-state index >= 15 is 0 Å². The maximum atomic E-state index is 6.15. The van der Waals surface area contributed by atoms with Gasteiger partial charge in [0, 0.05) is 49.4 Å². The summed E-state index contributed by atoms with van der Waals surface area (Å²) >= 11 is 0. The maximum Gasteiger partial charge on any atom is 0.179 e. The van der Waals surface area contributed by atoms with Crippen LogP contribution in [0.3, 0.4) is 0 Å². The molecule has 81 heavy (non-hydrogen) atoms. The lowest BCUT2D eigenvalue weighted by Crippen LogP contribution is -2.74. The number of benzene rings is 12. The highest BCUT2D eigenvalue weighted by molar-refractivity contribution is 7.20. The number of aromatic nitrogens is 5. The minimum Gasteiger partial charge on any atom is -0.483 e. The highest BCUT2D eigenvalue weighted by atomic mass is 28.3. The van der Waals surface area contributed by atoms with Crippen LogP contribution in [0.5, 0.6) is 5.75 Å². The van der Waals surface area contributed by atoms with Crippen molar-refractivity contribution in [1.82, 2.24) is 23.3 Å². The molecule has 0 unspecified atom stereocenters. The molecule has 7 heteroatoms. The molecule has 4 aromatic heterocycles. The molecule has 0 aliphatic carbocycles. The zero-order chi connectivity index (χ0) is 53.2. The molecule has 0 bridgehead atoms. The Kier molecular flexibility index (Phi) is 9.99. The van der Waals surface area contributed by atoms with Crippen LogP contribution in [0.1, 0.15) is 5.82 Å². The summed E-state index contributed by atoms with van der Waals surface area (Å²) in [6.07, 6.45) is 0. The fourth-order valence-electron chi connectivity index (χ4n) is 13.7. The number of fused-ring (bicyclic) bond motifs is 14. The summed E-state index contributed by atoms with van der Waals surface area (Å²) in [5, 5.41) is 12.6. The van der Waals surface area contributed by atoms with Crippen LogP contribution in [-0.2, 0) is 6.61 Å². The number of hydrogen-bond donors (Lipinski definition) is 0. The van der Waals surface area contributed by atoms with E-state index in [4.69, 9.17) is 9.72 Å². The van der Waals surface area contributed by atoms with Crippen LogP contribution in [0.15, 0.2) is 285 Å². The molecule has 0 amide bonds. The van der Waals surface area contributed by atoms with Gasteiger partial charge >= 0.3 is 0 Å². The predicted octanol–water partition coefficient (Wildman–Crippen LogP) is 15.3. The number of imidazole rings is 1. The fourth-order valence-corrected chi connectivity index (χ4v) is 18.5. The molecule has 380 valence electrons. The zero-order valence-electron chi connectivity index (χ0n) is 44.0. The van der Waals surface area contributed by atoms with E-state index in [9.17, 15) is 0 Å². The number of hydrogen-bond acceptors (Lipinski definition) is 2. The van der Waals surface area contributed by atoms with E-state index in [0.717, 1.165) is 67.5 Å². The van der Waals surface area contributed by atoms with Crippen LogP contribution in [0.2, 0.25) is 0 Å². The van der Waals surface area contributed by atoms with Gasteiger partial charge in [-0.1, -0.05) is 188 Å². The molecule has 1 aliphatic rings. The average Bonchev–Trinajstić information content (AvgIpc) is 4.24. The Balaban J connectivity index is 0.889. The largest absolute Gasteiger partial charge is 0.483 e. The first-order valence-electron chi connectivity index (χ1n) is 27.8. The third-order valence-corrected chi connectivity index (χ3v) is 21.9. The van der Waals surface area contributed by atoms with Crippen molar-refractivity contribution in [1.29, 1.82) is 0 Å². The first-order valence-corrected chi connectivity index (χ1v) is 29.8. The Bertz CT molecular complexity index is 4880. The lowest BCUT2D eigenvalue weighted by Gasteiger charge is -2.35. The zero-order valence-corrected chi connectivity index (χ0v) is 45.0. The fraction of sp³-hybridized carbons (Fsp3) is 0.0135. The molecule has 1 aliphatic heterocycles. The minimum absolute atomic E-state index is 0.430. The van der Waals surface area contributed by atoms with Crippen LogP contribution in [0, 0.1) is 0 Å². The second-order valence-electron chi connectivity index (χ2n) is 21.4. The summed E-state index contributed by atoms with van der Waals surface area (Å²) in [5.41, 5.74) is 15.7. The van der Waals surface area contributed by atoms with Crippen molar-refractivity contribution in [3.05, 3.63) is 291 Å². The predicted molar refractivity (Wildman–Crippen MR) is 337 cm³/mol. The lowest BCUT2D eigenvalue weighted by molar-refractivity contribution is 0.280. The van der Waals surface area contributed by atoms with Crippen LogP contribution in [0.4, 0.5) is 0 Å². The molecule has 0 fully saturated rings. The highest BCUT2D eigenvalue weighted by Gasteiger charge is 2.42. The van der Waals surface area contributed by atoms with Gasteiger partial charge in [-0.15, -0.1) is 0 Å². The van der Waals surface area contributed by atoms with Gasteiger partial charge in [0.2, 0.25) is 0 Å². The third kappa shape index (κ3) is 6.76. The molecule has 0 atom stereocenters. The monoisotopic (exact) mass is 1050 g/mol. The standard InChI is InChI=1S/C74H49N5OSi/c1-3-21-54(22-4-1)81(55-23-5-2-6-24-55,56-25-17-19-49(43-56)50-37-40-71-64(44-50)75-74-48-80-73-36-16-15-35-72(73)79(71)74)57-26-18-20-51(45-57)76-69-41-38-52(77-65-31-11-7-27-58(65)59-28-8-12-32-66(59)77)46-62(69)63-47-53(39-42-70(63)76)78-67-33-13-9-29-60(67)61-30-10-14-34-68(61)78/h1-47H,48H2. The molecule has 12 aromatic carbocycles. The number of nitrogens with zero attached hydrogens (tertiary/aromatic N) is 5. The van der Waals surface area contributed by atoms with E-state index in [2.05, 4.69) is 291 Å². The molecule has 0 saturated heterocycles. The summed E-state index contributed by atoms with van der Waals surface area (Å²) in [7, 11) is -3.10. The topological polar surface area (TPSA) is 41.8 Å². The molecule has 0 radical (unpaired) electrons. The van der Waals surface area contributed by atoms with Gasteiger partial charge in [-0.05, 0) is 129 Å². The van der Waals surface area contributed by atoms with Crippen molar-refractivity contribution in [3.63, 3.8) is 0 Å². The van der Waals surface area contributed by atoms with Gasteiger partial charge in [0.1, 0.15) is 12.4 Å². The summed E-state index contributed by atoms with van der Waals surface area (Å²) in [6.45, 7) is 0.430. The summed E-state index contributed by atoms with van der Waals surface area (Å²) in [6, 6.07) is 106. The molecule has 0 saturated carbocycles. The molecule has 6 nitrogen and oxygen atoms in total. The number of ether oxygens (including phenoxy) is 1. The van der Waals surface area contributed by atoms with Crippen LogP contribution in [0.25, 0.3) is 110 Å². The van der Waals surface area contributed by atoms with E-state index in [1.54, 1.807) is 0 Å². The third-order valence-electron chi connectivity index (χ3n) is 17.2. The molecule has 16 aromatic rings. The Labute approximate surface area is 467 Å². The SMILES string of the molecule is c1ccc([Si](c2ccccc2)(c2cccc(-c3ccc4c(c3)nc3n4-c4ccccc4OC3)c2)c2cccc(-n3c4ccc(-n5c6ccccc6c6ccccc65)cc4c4cc(-n5c6ccccc6c6ccccc65)ccc43)c2)cc1. The molecule has 5 heterocycles. The Morgan fingerprint density at radius 1 is 0.296 bits per heavy atom. The number of para-hydroxylation sites is 6. The van der Waals surface area contributed by atoms with E-state index < -0.39 is 8.07 Å². The molecular weight excluding hydrogens is 1000 g/mol. The van der Waals surface area contributed by atoms with Crippen molar-refractivity contribution in [2.75, 3.05) is 0 Å². The maximum absolute atomic E-state index is 6.15. The van der Waals surface area contributed by atoms with Crippen molar-refractivity contribution >= 4 is 105 Å². The first-order chi connectivity index (χ1) is 40.2. The molecule has 0 spiro atoms. The van der Waals surface area contributed by atoms with E-state index in [1.807, 2.05) is 12.1 Å². The lowest BCUT2D eigenvalue weighted by atomic mass is 10.1. The van der Waals surface area contributed by atoms with E-state index in [0.29, 0.717) is 6.61 Å². The van der Waals surface area contributed by atoms with Crippen LogP contribution < -0.4 is 25.5 Å². The minimum atomic E-state index is -3.10. The summed E-state index contributed by atoms with van der Waals surface area (Å²) in [5.74, 6) is 1.78. The van der Waals surface area contributed by atoms with Gasteiger partial charge in [-0.2, -0.15) is 0 Å². The summed E-state index contributed by atoms with van der Waals surface area (Å²) in [4.78, 5) is 5.15. The molecule has 0 N–H and O–H groups in total. The first kappa shape index (κ1) is 45.5. The van der Waals surface area contributed by atoms with Crippen LogP contribution in [-0.4, -0.2) is 31.3 Å². The van der Waals surface area contributed by atoms with Gasteiger partial charge in [0.05, 0.1) is 49.8 Å². The Hall–Kier alpha value is -10.5. The van der Waals surface area contributed by atoms with E-state index in [1.165, 1.54) is 75.1 Å². The number of rotatable bonds is 8. The summed E-state index contributed by atoms with van der Waals surface area (Å²) < 4.78 is 15.8. The molecular formula is C74H49N5OSi. The Morgan fingerprint density at radius 2 is 0.728 bits per heavy atom. The van der Waals surface area contributed by atoms with Gasteiger partial charge in [-0.25, -0.2) is 4.98 Å². The Morgan fingerprint density at radius 3 is 1.30 bits per heavy atom. The van der Waals surface area contributed by atoms with E-state index in [-0.39, 0.29) is 0 Å². The second-order valence-corrected chi connectivity index (χ2v) is 25.2. The van der Waals surface area contributed by atoms with Crippen molar-refractivity contribution in [2.45, 2.75) is 6.61 Å². The van der Waals surface area contributed by atoms with Gasteiger partial charge < -0.3 is 18.4 Å². The van der Waals surface area contributed by atoms with Crippen LogP contribution >= 0.6 is 0 Å². The van der Waals surface area contributed by atoms with Gasteiger partial charge in [0.25, 0.3) is 0 Å². The average molecular weight is 1050 g/mol. The molecule has 17 rings (SSSR count). The smallest absolute Gasteiger partial charge is 0.179 e. The van der Waals surface area contributed by atoms with Gasteiger partial charge in [0.15, 0.2) is 13.9 Å². The normalized spacial score (nSPS) is 12.5. The van der Waals surface area contributed by atoms with Crippen molar-refractivity contribution in [2.24, 2.45) is 0 Å². The highest BCUT2D eigenvalue weighted by Crippen LogP contribution is 2.40.